The first-order valence-corrected chi connectivity index (χ1v) is 10.8. The third kappa shape index (κ3) is 6.83. The Morgan fingerprint density at radius 1 is 0.971 bits per heavy atom. The molecule has 0 bridgehead atoms. The number of benzene rings is 2. The fraction of sp³-hybridized carbons (Fsp3) is 0.192. The Labute approximate surface area is 197 Å². The zero-order valence-corrected chi connectivity index (χ0v) is 19.0. The van der Waals surface area contributed by atoms with Crippen molar-refractivity contribution in [2.75, 3.05) is 19.0 Å². The molecule has 3 rings (SSSR count). The lowest BCUT2D eigenvalue weighted by Gasteiger charge is -2.12. The molecule has 0 fully saturated rings. The van der Waals surface area contributed by atoms with E-state index in [4.69, 9.17) is 9.15 Å². The van der Waals surface area contributed by atoms with Gasteiger partial charge in [0.15, 0.2) is 0 Å². The second-order valence-corrected chi connectivity index (χ2v) is 7.28. The second kappa shape index (κ2) is 12.1. The minimum atomic E-state index is -0.560. The van der Waals surface area contributed by atoms with Crippen molar-refractivity contribution in [1.82, 2.24) is 5.32 Å². The molecular weight excluding hydrogens is 436 g/mol. The molecule has 0 aliphatic heterocycles. The first-order valence-electron chi connectivity index (χ1n) is 10.8. The van der Waals surface area contributed by atoms with Crippen LogP contribution in [0.1, 0.15) is 46.2 Å². The van der Waals surface area contributed by atoms with Gasteiger partial charge >= 0.3 is 5.97 Å². The summed E-state index contributed by atoms with van der Waals surface area (Å²) in [5.74, 6) is -0.440. The van der Waals surface area contributed by atoms with Gasteiger partial charge in [0.1, 0.15) is 17.2 Å². The molecule has 2 aromatic carbocycles. The van der Waals surface area contributed by atoms with E-state index < -0.39 is 17.8 Å². The van der Waals surface area contributed by atoms with Crippen LogP contribution in [0.15, 0.2) is 77.0 Å². The lowest BCUT2D eigenvalue weighted by molar-refractivity contribution is -0.113. The summed E-state index contributed by atoms with van der Waals surface area (Å²) in [7, 11) is 1.29. The van der Waals surface area contributed by atoms with Crippen molar-refractivity contribution < 1.29 is 28.3 Å². The van der Waals surface area contributed by atoms with E-state index in [2.05, 4.69) is 22.3 Å². The predicted molar refractivity (Wildman–Crippen MR) is 127 cm³/mol. The van der Waals surface area contributed by atoms with Crippen LogP contribution in [0.5, 0.6) is 5.75 Å². The molecule has 2 amide bonds. The first-order chi connectivity index (χ1) is 16.5. The Kier molecular flexibility index (Phi) is 8.62. The van der Waals surface area contributed by atoms with Crippen molar-refractivity contribution in [3.05, 3.63) is 89.5 Å². The maximum atomic E-state index is 12.9. The summed E-state index contributed by atoms with van der Waals surface area (Å²) in [5.41, 5.74) is 1.14. The molecule has 0 spiro atoms. The van der Waals surface area contributed by atoms with Gasteiger partial charge in [0.2, 0.25) is 0 Å². The van der Waals surface area contributed by atoms with Crippen molar-refractivity contribution in [3.63, 3.8) is 0 Å². The number of methoxy groups -OCH3 is 1. The van der Waals surface area contributed by atoms with Crippen LogP contribution in [0.2, 0.25) is 0 Å². The number of carbonyl (C=O) groups is 3. The molecule has 34 heavy (non-hydrogen) atoms. The number of hydrogen-bond donors (Lipinski definition) is 2. The molecule has 1 aromatic heterocycles. The van der Waals surface area contributed by atoms with Gasteiger partial charge in [-0.1, -0.05) is 13.3 Å². The number of esters is 1. The van der Waals surface area contributed by atoms with Gasteiger partial charge in [-0.3, -0.25) is 9.59 Å². The highest BCUT2D eigenvalue weighted by molar-refractivity contribution is 6.10. The lowest BCUT2D eigenvalue weighted by Crippen LogP contribution is -2.30. The van der Waals surface area contributed by atoms with Gasteiger partial charge < -0.3 is 24.5 Å². The van der Waals surface area contributed by atoms with E-state index in [0.717, 1.165) is 12.8 Å². The number of amides is 2. The van der Waals surface area contributed by atoms with Gasteiger partial charge in [0.05, 0.1) is 25.5 Å². The molecule has 0 saturated carbocycles. The third-order valence-corrected chi connectivity index (χ3v) is 4.77. The normalized spacial score (nSPS) is 10.9. The molecule has 1 heterocycles. The van der Waals surface area contributed by atoms with Crippen LogP contribution in [-0.4, -0.2) is 31.5 Å². The summed E-state index contributed by atoms with van der Waals surface area (Å²) in [5, 5.41) is 5.33. The Morgan fingerprint density at radius 3 is 2.29 bits per heavy atom. The van der Waals surface area contributed by atoms with Crippen LogP contribution in [-0.2, 0) is 9.53 Å². The van der Waals surface area contributed by atoms with Crippen LogP contribution in [0, 0.1) is 0 Å². The molecule has 0 unspecified atom stereocenters. The Morgan fingerprint density at radius 2 is 1.68 bits per heavy atom. The Hall–Kier alpha value is -4.33. The van der Waals surface area contributed by atoms with Gasteiger partial charge in [-0.2, -0.15) is 0 Å². The smallest absolute Gasteiger partial charge is 0.337 e. The summed E-state index contributed by atoms with van der Waals surface area (Å²) in [6, 6.07) is 16.2. The van der Waals surface area contributed by atoms with Crippen molar-refractivity contribution in [3.8, 4) is 5.75 Å². The highest BCUT2D eigenvalue weighted by Crippen LogP contribution is 2.15. The van der Waals surface area contributed by atoms with E-state index in [0.29, 0.717) is 34.9 Å². The maximum absolute atomic E-state index is 12.9. The molecule has 2 N–H and O–H groups in total. The van der Waals surface area contributed by atoms with Gasteiger partial charge in [0.25, 0.3) is 11.8 Å². The molecular formula is C26H26N2O6. The number of nitrogens with one attached hydrogen (secondary N) is 2. The van der Waals surface area contributed by atoms with Crippen molar-refractivity contribution in [1.29, 1.82) is 0 Å². The monoisotopic (exact) mass is 462 g/mol. The van der Waals surface area contributed by atoms with Crippen LogP contribution in [0.25, 0.3) is 6.08 Å². The Bertz CT molecular complexity index is 1130. The highest BCUT2D eigenvalue weighted by atomic mass is 16.5. The van der Waals surface area contributed by atoms with E-state index in [1.807, 2.05) is 0 Å². The molecule has 0 aliphatic rings. The molecule has 3 aromatic rings. The second-order valence-electron chi connectivity index (χ2n) is 7.28. The highest BCUT2D eigenvalue weighted by Gasteiger charge is 2.16. The number of hydrogen-bond acceptors (Lipinski definition) is 6. The fourth-order valence-corrected chi connectivity index (χ4v) is 2.91. The third-order valence-electron chi connectivity index (χ3n) is 4.77. The average Bonchev–Trinajstić information content (AvgIpc) is 3.37. The van der Waals surface area contributed by atoms with Crippen LogP contribution in [0.4, 0.5) is 5.69 Å². The van der Waals surface area contributed by atoms with E-state index >= 15 is 0 Å². The van der Waals surface area contributed by atoms with Crippen molar-refractivity contribution in [2.45, 2.75) is 19.8 Å². The van der Waals surface area contributed by atoms with E-state index in [9.17, 15) is 14.4 Å². The first kappa shape index (κ1) is 24.3. The summed E-state index contributed by atoms with van der Waals surface area (Å²) in [6.45, 7) is 2.69. The van der Waals surface area contributed by atoms with Crippen LogP contribution >= 0.6 is 0 Å². The standard InChI is InChI=1S/C26H26N2O6/c1-3-4-15-33-21-13-9-18(10-14-21)24(29)28-23(17-22-6-5-16-34-22)25(30)27-20-11-7-19(8-12-20)26(31)32-2/h5-14,16-17H,3-4,15H2,1-2H3,(H,27,30)(H,28,29)/b23-17+. The summed E-state index contributed by atoms with van der Waals surface area (Å²) < 4.78 is 15.6. The largest absolute Gasteiger partial charge is 0.494 e. The van der Waals surface area contributed by atoms with E-state index in [1.165, 1.54) is 31.6 Å². The molecule has 0 radical (unpaired) electrons. The SMILES string of the molecule is CCCCOc1ccc(C(=O)N/C(=C/c2ccco2)C(=O)Nc2ccc(C(=O)OC)cc2)cc1. The maximum Gasteiger partial charge on any atom is 0.337 e. The fourth-order valence-electron chi connectivity index (χ4n) is 2.91. The predicted octanol–water partition coefficient (Wildman–Crippen LogP) is 4.65. The summed E-state index contributed by atoms with van der Waals surface area (Å²) in [6.07, 6.45) is 4.87. The van der Waals surface area contributed by atoms with Gasteiger partial charge in [-0.05, 0) is 67.1 Å². The number of carbonyl (C=O) groups excluding carboxylic acids is 3. The molecule has 8 heteroatoms. The molecule has 176 valence electrons. The van der Waals surface area contributed by atoms with Crippen LogP contribution < -0.4 is 15.4 Å². The number of unbranched alkanes of at least 4 members (excludes halogenated alkanes) is 1. The van der Waals surface area contributed by atoms with Gasteiger partial charge in [-0.15, -0.1) is 0 Å². The molecule has 8 nitrogen and oxygen atoms in total. The minimum Gasteiger partial charge on any atom is -0.494 e. The van der Waals surface area contributed by atoms with E-state index in [-0.39, 0.29) is 5.70 Å². The molecule has 0 saturated heterocycles. The summed E-state index contributed by atoms with van der Waals surface area (Å²) >= 11 is 0. The topological polar surface area (TPSA) is 107 Å². The summed E-state index contributed by atoms with van der Waals surface area (Å²) in [4.78, 5) is 37.3. The van der Waals surface area contributed by atoms with Gasteiger partial charge in [-0.25, -0.2) is 4.79 Å². The zero-order chi connectivity index (χ0) is 24.3. The Balaban J connectivity index is 1.73. The van der Waals surface area contributed by atoms with E-state index in [1.54, 1.807) is 48.5 Å². The number of furan rings is 1. The van der Waals surface area contributed by atoms with Gasteiger partial charge in [0, 0.05) is 17.3 Å². The average molecular weight is 463 g/mol. The number of anilines is 1. The number of ether oxygens (including phenoxy) is 2. The quantitative estimate of drug-likeness (QED) is 0.258. The van der Waals surface area contributed by atoms with Crippen molar-refractivity contribution >= 4 is 29.5 Å². The lowest BCUT2D eigenvalue weighted by atomic mass is 10.2. The zero-order valence-electron chi connectivity index (χ0n) is 19.0. The molecule has 0 aliphatic carbocycles. The minimum absolute atomic E-state index is 0.0136. The molecule has 0 atom stereocenters. The van der Waals surface area contributed by atoms with Crippen molar-refractivity contribution in [2.24, 2.45) is 0 Å². The number of rotatable bonds is 10. The van der Waals surface area contributed by atoms with Crippen LogP contribution in [0.3, 0.4) is 0 Å².